The molecule has 14 nitrogen and oxygen atoms in total. The van der Waals surface area contributed by atoms with E-state index >= 15 is 0 Å². The standard InChI is InChI=1S/C29H33N7O7/c1-3-22(15-41-27(37)24(30)10-21-13-31-16-34-21)43-29(39)33-12-18-5-4-6-19(9-18)35-28(38)36-20-7-8-23(25(11-20)40-2)26-14-32-17-42-26/h4-9,11,13-14,16-17,22,24H,3,10,12,15,30H2,1-2H3,(H,31,34)(H,33,39)(H2,35,36,38)/t22-,24-/m1/s1. The molecule has 0 spiro atoms. The van der Waals surface area contributed by atoms with Crippen LogP contribution in [0.3, 0.4) is 0 Å². The number of oxazole rings is 1. The van der Waals surface area contributed by atoms with Gasteiger partial charge in [0.05, 0.1) is 25.2 Å². The molecule has 4 aromatic rings. The van der Waals surface area contributed by atoms with Crippen molar-refractivity contribution in [2.45, 2.75) is 38.5 Å². The monoisotopic (exact) mass is 591 g/mol. The molecule has 14 heteroatoms. The van der Waals surface area contributed by atoms with Crippen molar-refractivity contribution in [2.75, 3.05) is 24.4 Å². The molecule has 226 valence electrons. The first-order chi connectivity index (χ1) is 20.8. The Hall–Kier alpha value is -5.37. The van der Waals surface area contributed by atoms with E-state index in [0.717, 1.165) is 5.56 Å². The lowest BCUT2D eigenvalue weighted by Crippen LogP contribution is -2.37. The topological polar surface area (TPSA) is 196 Å². The molecule has 2 heterocycles. The number of amides is 3. The smallest absolute Gasteiger partial charge is 0.407 e. The largest absolute Gasteiger partial charge is 0.496 e. The van der Waals surface area contributed by atoms with Gasteiger partial charge in [-0.05, 0) is 36.2 Å². The molecule has 43 heavy (non-hydrogen) atoms. The van der Waals surface area contributed by atoms with Crippen LogP contribution >= 0.6 is 0 Å². The van der Waals surface area contributed by atoms with Gasteiger partial charge in [-0.1, -0.05) is 19.1 Å². The van der Waals surface area contributed by atoms with Gasteiger partial charge in [0.15, 0.2) is 12.2 Å². The fourth-order valence-electron chi connectivity index (χ4n) is 3.97. The molecular weight excluding hydrogens is 558 g/mol. The number of imidazole rings is 1. The van der Waals surface area contributed by atoms with E-state index in [1.165, 1.54) is 19.8 Å². The molecular formula is C29H33N7O7. The third kappa shape index (κ3) is 9.06. The number of aromatic amines is 1. The second-order valence-electron chi connectivity index (χ2n) is 9.37. The summed E-state index contributed by atoms with van der Waals surface area (Å²) < 4.78 is 21.4. The minimum Gasteiger partial charge on any atom is -0.496 e. The number of benzene rings is 2. The van der Waals surface area contributed by atoms with Crippen LogP contribution in [0, 0.1) is 0 Å². The third-order valence-electron chi connectivity index (χ3n) is 6.22. The minimum atomic E-state index is -0.872. The van der Waals surface area contributed by atoms with E-state index in [9.17, 15) is 14.4 Å². The highest BCUT2D eigenvalue weighted by Crippen LogP contribution is 2.32. The number of H-pyrrole nitrogens is 1. The van der Waals surface area contributed by atoms with Crippen LogP contribution in [0.25, 0.3) is 11.3 Å². The predicted octanol–water partition coefficient (Wildman–Crippen LogP) is 3.84. The van der Waals surface area contributed by atoms with Crippen LogP contribution in [0.4, 0.5) is 21.0 Å². The molecule has 0 fully saturated rings. The number of ether oxygens (including phenoxy) is 3. The Balaban J connectivity index is 1.22. The number of hydrogen-bond acceptors (Lipinski definition) is 10. The highest BCUT2D eigenvalue weighted by atomic mass is 16.6. The van der Waals surface area contributed by atoms with Crippen LogP contribution in [-0.2, 0) is 27.2 Å². The maximum atomic E-state index is 12.6. The number of alkyl carbamates (subject to hydrolysis) is 1. The van der Waals surface area contributed by atoms with Crippen LogP contribution in [-0.4, -0.2) is 58.9 Å². The van der Waals surface area contributed by atoms with E-state index in [0.29, 0.717) is 40.6 Å². The van der Waals surface area contributed by atoms with E-state index in [1.807, 2.05) is 0 Å². The molecule has 2 atom stereocenters. The number of carbonyl (C=O) groups excluding carboxylic acids is 3. The average molecular weight is 592 g/mol. The summed E-state index contributed by atoms with van der Waals surface area (Å²) >= 11 is 0. The van der Waals surface area contributed by atoms with Crippen molar-refractivity contribution in [1.82, 2.24) is 20.3 Å². The first-order valence-electron chi connectivity index (χ1n) is 13.4. The Morgan fingerprint density at radius 2 is 1.88 bits per heavy atom. The van der Waals surface area contributed by atoms with E-state index in [1.54, 1.807) is 61.8 Å². The van der Waals surface area contributed by atoms with Crippen molar-refractivity contribution in [2.24, 2.45) is 5.73 Å². The summed E-state index contributed by atoms with van der Waals surface area (Å²) in [7, 11) is 1.52. The minimum absolute atomic E-state index is 0.122. The van der Waals surface area contributed by atoms with Crippen molar-refractivity contribution in [3.05, 3.63) is 78.8 Å². The second-order valence-corrected chi connectivity index (χ2v) is 9.37. The van der Waals surface area contributed by atoms with Crippen LogP contribution in [0.2, 0.25) is 0 Å². The van der Waals surface area contributed by atoms with Gasteiger partial charge in [0.2, 0.25) is 0 Å². The summed E-state index contributed by atoms with van der Waals surface area (Å²) in [6.45, 7) is 1.82. The maximum Gasteiger partial charge on any atom is 0.407 e. The number of hydrogen-bond donors (Lipinski definition) is 5. The van der Waals surface area contributed by atoms with Gasteiger partial charge < -0.3 is 45.3 Å². The number of esters is 1. The number of anilines is 2. The van der Waals surface area contributed by atoms with Crippen LogP contribution in [0.5, 0.6) is 5.75 Å². The number of methoxy groups -OCH3 is 1. The van der Waals surface area contributed by atoms with Crippen LogP contribution in [0.1, 0.15) is 24.6 Å². The summed E-state index contributed by atoms with van der Waals surface area (Å²) in [6.07, 6.45) is 5.32. The van der Waals surface area contributed by atoms with E-state index in [4.69, 9.17) is 24.4 Å². The first-order valence-corrected chi connectivity index (χ1v) is 13.4. The normalized spacial score (nSPS) is 12.1. The number of aromatic nitrogens is 3. The van der Waals surface area contributed by atoms with Crippen molar-refractivity contribution in [3.8, 4) is 17.1 Å². The van der Waals surface area contributed by atoms with Gasteiger partial charge in [0, 0.05) is 42.3 Å². The molecule has 2 aromatic heterocycles. The lowest BCUT2D eigenvalue weighted by atomic mass is 10.1. The van der Waals surface area contributed by atoms with Crippen molar-refractivity contribution < 1.29 is 33.0 Å². The molecule has 0 bridgehead atoms. The lowest BCUT2D eigenvalue weighted by molar-refractivity contribution is -0.148. The predicted molar refractivity (Wildman–Crippen MR) is 156 cm³/mol. The fraction of sp³-hybridized carbons (Fsp3) is 0.276. The average Bonchev–Trinajstić information content (AvgIpc) is 3.73. The number of urea groups is 1. The summed E-state index contributed by atoms with van der Waals surface area (Å²) in [6, 6.07) is 10.8. The Bertz CT molecular complexity index is 1490. The maximum absolute atomic E-state index is 12.6. The van der Waals surface area contributed by atoms with Crippen molar-refractivity contribution >= 4 is 29.5 Å². The molecule has 0 aliphatic carbocycles. The molecule has 0 saturated carbocycles. The Morgan fingerprint density at radius 3 is 2.58 bits per heavy atom. The summed E-state index contributed by atoms with van der Waals surface area (Å²) in [5.74, 6) is 0.442. The molecule has 0 saturated heterocycles. The third-order valence-corrected chi connectivity index (χ3v) is 6.22. The molecule has 0 aliphatic rings. The van der Waals surface area contributed by atoms with Gasteiger partial charge in [0.25, 0.3) is 0 Å². The zero-order chi connectivity index (χ0) is 30.6. The van der Waals surface area contributed by atoms with E-state index in [-0.39, 0.29) is 19.6 Å². The van der Waals surface area contributed by atoms with Gasteiger partial charge in [-0.15, -0.1) is 0 Å². The summed E-state index contributed by atoms with van der Waals surface area (Å²) in [5.41, 5.74) is 9.03. The number of nitrogens with two attached hydrogens (primary N) is 1. The van der Waals surface area contributed by atoms with E-state index < -0.39 is 30.2 Å². The van der Waals surface area contributed by atoms with Gasteiger partial charge in [-0.25, -0.2) is 19.6 Å². The van der Waals surface area contributed by atoms with Gasteiger partial charge >= 0.3 is 18.1 Å². The van der Waals surface area contributed by atoms with Gasteiger partial charge in [-0.2, -0.15) is 0 Å². The number of nitrogens with zero attached hydrogens (tertiary/aromatic N) is 2. The molecule has 3 amide bonds. The quantitative estimate of drug-likeness (QED) is 0.143. The zero-order valence-corrected chi connectivity index (χ0v) is 23.7. The summed E-state index contributed by atoms with van der Waals surface area (Å²) in [5, 5.41) is 8.18. The highest BCUT2D eigenvalue weighted by Gasteiger charge is 2.20. The van der Waals surface area contributed by atoms with Gasteiger partial charge in [-0.3, -0.25) is 4.79 Å². The SMILES string of the molecule is CC[C@H](COC(=O)[C@H](N)Cc1cnc[nH]1)OC(=O)NCc1cccc(NC(=O)Nc2ccc(-c3cnco3)c(OC)c2)c1. The Labute approximate surface area is 247 Å². The van der Waals surface area contributed by atoms with Crippen molar-refractivity contribution in [1.29, 1.82) is 0 Å². The Morgan fingerprint density at radius 1 is 1.07 bits per heavy atom. The van der Waals surface area contributed by atoms with Crippen LogP contribution < -0.4 is 26.4 Å². The van der Waals surface area contributed by atoms with Gasteiger partial charge in [0.1, 0.15) is 24.5 Å². The Kier molecular flexibility index (Phi) is 10.7. The number of carbonyl (C=O) groups is 3. The first kappa shape index (κ1) is 30.6. The van der Waals surface area contributed by atoms with E-state index in [2.05, 4.69) is 30.9 Å². The van der Waals surface area contributed by atoms with Crippen molar-refractivity contribution in [3.63, 3.8) is 0 Å². The highest BCUT2D eigenvalue weighted by molar-refractivity contribution is 6.00. The molecule has 6 N–H and O–H groups in total. The summed E-state index contributed by atoms with van der Waals surface area (Å²) in [4.78, 5) is 47.9. The second kappa shape index (κ2) is 15.0. The number of nitrogens with one attached hydrogen (secondary N) is 4. The molecule has 0 unspecified atom stereocenters. The fourth-order valence-corrected chi connectivity index (χ4v) is 3.97. The molecule has 0 aliphatic heterocycles. The number of rotatable bonds is 13. The molecule has 0 radical (unpaired) electrons. The molecule has 4 rings (SSSR count). The molecule has 2 aromatic carbocycles. The van der Waals surface area contributed by atoms with Crippen LogP contribution in [0.15, 0.2) is 72.0 Å². The zero-order valence-electron chi connectivity index (χ0n) is 23.7. The lowest BCUT2D eigenvalue weighted by Gasteiger charge is -2.18.